The maximum atomic E-state index is 12.6. The molecule has 3 rings (SSSR count). The van der Waals surface area contributed by atoms with Crippen LogP contribution in [0.15, 0.2) is 29.3 Å². The molecule has 0 aromatic heterocycles. The molecule has 0 amide bonds. The molecular weight excluding hydrogens is 402 g/mol. The molecule has 2 aliphatic rings. The Morgan fingerprint density at radius 1 is 1.19 bits per heavy atom. The lowest BCUT2D eigenvalue weighted by Crippen LogP contribution is -2.49. The van der Waals surface area contributed by atoms with E-state index >= 15 is 0 Å². The highest BCUT2D eigenvalue weighted by atomic mass is 19.3. The fourth-order valence-electron chi connectivity index (χ4n) is 4.01. The van der Waals surface area contributed by atoms with Gasteiger partial charge in [0.15, 0.2) is 5.96 Å². The van der Waals surface area contributed by atoms with Gasteiger partial charge in [0.1, 0.15) is 0 Å². The molecule has 0 unspecified atom stereocenters. The van der Waals surface area contributed by atoms with Crippen molar-refractivity contribution in [2.24, 2.45) is 4.99 Å². The average Bonchev–Trinajstić information content (AvgIpc) is 2.78. The molecule has 2 heterocycles. The van der Waals surface area contributed by atoms with Crippen LogP contribution < -0.4 is 10.6 Å². The SMILES string of the molecule is CCNC(=NCc1cccc(COC2CCOCC2)c1)NC1CCN(CC(F)F)CC1. The van der Waals surface area contributed by atoms with Gasteiger partial charge in [-0.15, -0.1) is 0 Å². The number of hydrogen-bond donors (Lipinski definition) is 2. The number of rotatable bonds is 9. The number of nitrogens with zero attached hydrogens (tertiary/aromatic N) is 2. The first-order valence-corrected chi connectivity index (χ1v) is 11.4. The smallest absolute Gasteiger partial charge is 0.251 e. The number of likely N-dealkylation sites (tertiary alicyclic amines) is 1. The van der Waals surface area contributed by atoms with E-state index in [1.54, 1.807) is 0 Å². The minimum Gasteiger partial charge on any atom is -0.381 e. The number of aliphatic imine (C=N–C) groups is 1. The Morgan fingerprint density at radius 2 is 1.94 bits per heavy atom. The fourth-order valence-corrected chi connectivity index (χ4v) is 4.01. The molecule has 0 aliphatic carbocycles. The van der Waals surface area contributed by atoms with Crippen LogP contribution in [-0.2, 0) is 22.6 Å². The van der Waals surface area contributed by atoms with Crippen LogP contribution >= 0.6 is 0 Å². The van der Waals surface area contributed by atoms with E-state index in [1.165, 1.54) is 0 Å². The molecule has 8 heteroatoms. The van der Waals surface area contributed by atoms with E-state index in [1.807, 2.05) is 17.9 Å². The summed E-state index contributed by atoms with van der Waals surface area (Å²) >= 11 is 0. The summed E-state index contributed by atoms with van der Waals surface area (Å²) in [5, 5.41) is 6.77. The first-order chi connectivity index (χ1) is 15.1. The molecule has 0 atom stereocenters. The maximum absolute atomic E-state index is 12.6. The van der Waals surface area contributed by atoms with Gasteiger partial charge in [0.2, 0.25) is 0 Å². The van der Waals surface area contributed by atoms with Crippen LogP contribution in [-0.4, -0.2) is 68.8 Å². The van der Waals surface area contributed by atoms with Crippen LogP contribution in [0.2, 0.25) is 0 Å². The standard InChI is InChI=1S/C23H36F2N4O2/c1-2-26-23(28-20-6-10-29(11-7-20)16-22(24)25)27-15-18-4-3-5-19(14-18)17-31-21-8-12-30-13-9-21/h3-5,14,20-22H,2,6-13,15-17H2,1H3,(H2,26,27,28). The Balaban J connectivity index is 1.48. The van der Waals surface area contributed by atoms with Gasteiger partial charge in [-0.1, -0.05) is 24.3 Å². The van der Waals surface area contributed by atoms with Crippen molar-refractivity contribution < 1.29 is 18.3 Å². The molecule has 0 spiro atoms. The molecule has 0 radical (unpaired) electrons. The van der Waals surface area contributed by atoms with Gasteiger partial charge in [0.25, 0.3) is 6.43 Å². The highest BCUT2D eigenvalue weighted by Crippen LogP contribution is 2.15. The monoisotopic (exact) mass is 438 g/mol. The normalized spacial score (nSPS) is 19.7. The van der Waals surface area contributed by atoms with Crippen LogP contribution in [0.4, 0.5) is 8.78 Å². The predicted molar refractivity (Wildman–Crippen MR) is 118 cm³/mol. The van der Waals surface area contributed by atoms with Crippen molar-refractivity contribution in [1.29, 1.82) is 0 Å². The van der Waals surface area contributed by atoms with E-state index < -0.39 is 6.43 Å². The summed E-state index contributed by atoms with van der Waals surface area (Å²) in [4.78, 5) is 6.57. The van der Waals surface area contributed by atoms with Crippen molar-refractivity contribution >= 4 is 5.96 Å². The van der Waals surface area contributed by atoms with E-state index in [4.69, 9.17) is 14.5 Å². The molecule has 0 bridgehead atoms. The second-order valence-corrected chi connectivity index (χ2v) is 8.25. The van der Waals surface area contributed by atoms with Crippen molar-refractivity contribution in [3.63, 3.8) is 0 Å². The summed E-state index contributed by atoms with van der Waals surface area (Å²) in [6.07, 6.45) is 1.63. The molecule has 1 aromatic rings. The van der Waals surface area contributed by atoms with Crippen LogP contribution in [0.3, 0.4) is 0 Å². The van der Waals surface area contributed by atoms with Crippen LogP contribution in [0.25, 0.3) is 0 Å². The summed E-state index contributed by atoms with van der Waals surface area (Å²) in [6, 6.07) is 8.62. The Morgan fingerprint density at radius 3 is 2.65 bits per heavy atom. The number of piperidine rings is 1. The zero-order valence-corrected chi connectivity index (χ0v) is 18.5. The second-order valence-electron chi connectivity index (χ2n) is 8.25. The summed E-state index contributed by atoms with van der Waals surface area (Å²) < 4.78 is 36.5. The third-order valence-corrected chi connectivity index (χ3v) is 5.73. The Labute approximate surface area is 184 Å². The van der Waals surface area contributed by atoms with Gasteiger partial charge in [-0.3, -0.25) is 4.90 Å². The molecule has 2 saturated heterocycles. The fraction of sp³-hybridized carbons (Fsp3) is 0.696. The highest BCUT2D eigenvalue weighted by molar-refractivity contribution is 5.80. The minimum absolute atomic E-state index is 0.130. The quantitative estimate of drug-likeness (QED) is 0.458. The van der Waals surface area contributed by atoms with Crippen LogP contribution in [0.1, 0.15) is 43.7 Å². The summed E-state index contributed by atoms with van der Waals surface area (Å²) in [7, 11) is 0. The van der Waals surface area contributed by atoms with Crippen LogP contribution in [0.5, 0.6) is 0 Å². The number of nitrogens with one attached hydrogen (secondary N) is 2. The molecule has 174 valence electrons. The number of alkyl halides is 2. The number of benzene rings is 1. The Kier molecular flexibility index (Phi) is 9.96. The van der Waals surface area contributed by atoms with Crippen molar-refractivity contribution in [3.05, 3.63) is 35.4 Å². The van der Waals surface area contributed by atoms with E-state index in [9.17, 15) is 8.78 Å². The molecule has 6 nitrogen and oxygen atoms in total. The third-order valence-electron chi connectivity index (χ3n) is 5.73. The van der Waals surface area contributed by atoms with E-state index in [0.717, 1.165) is 62.5 Å². The largest absolute Gasteiger partial charge is 0.381 e. The topological polar surface area (TPSA) is 58.1 Å². The lowest BCUT2D eigenvalue weighted by atomic mass is 10.1. The Hall–Kier alpha value is -1.77. The molecule has 1 aromatic carbocycles. The molecule has 2 N–H and O–H groups in total. The van der Waals surface area contributed by atoms with E-state index in [-0.39, 0.29) is 18.7 Å². The Bertz CT molecular complexity index is 675. The maximum Gasteiger partial charge on any atom is 0.251 e. The van der Waals surface area contributed by atoms with Gasteiger partial charge in [0, 0.05) is 38.9 Å². The second kappa shape index (κ2) is 12.9. The first-order valence-electron chi connectivity index (χ1n) is 11.4. The molecule has 0 saturated carbocycles. The van der Waals surface area contributed by atoms with Crippen LogP contribution in [0, 0.1) is 0 Å². The number of ether oxygens (including phenoxy) is 2. The molecule has 31 heavy (non-hydrogen) atoms. The lowest BCUT2D eigenvalue weighted by Gasteiger charge is -2.32. The summed E-state index contributed by atoms with van der Waals surface area (Å²) in [5.41, 5.74) is 2.29. The van der Waals surface area contributed by atoms with Gasteiger partial charge in [-0.2, -0.15) is 0 Å². The summed E-state index contributed by atoms with van der Waals surface area (Å²) in [5.74, 6) is 0.777. The van der Waals surface area contributed by atoms with E-state index in [0.29, 0.717) is 26.2 Å². The van der Waals surface area contributed by atoms with E-state index in [2.05, 4.69) is 28.8 Å². The van der Waals surface area contributed by atoms with Gasteiger partial charge < -0.3 is 20.1 Å². The number of hydrogen-bond acceptors (Lipinski definition) is 4. The lowest BCUT2D eigenvalue weighted by molar-refractivity contribution is -0.0390. The van der Waals surface area contributed by atoms with Crippen molar-refractivity contribution in [2.75, 3.05) is 39.4 Å². The van der Waals surface area contributed by atoms with Gasteiger partial charge in [-0.25, -0.2) is 13.8 Å². The van der Waals surface area contributed by atoms with Gasteiger partial charge in [-0.05, 0) is 43.7 Å². The average molecular weight is 439 g/mol. The number of halogens is 2. The van der Waals surface area contributed by atoms with Crippen molar-refractivity contribution in [1.82, 2.24) is 15.5 Å². The van der Waals surface area contributed by atoms with Gasteiger partial charge in [0.05, 0.1) is 25.8 Å². The zero-order valence-electron chi connectivity index (χ0n) is 18.5. The summed E-state index contributed by atoms with van der Waals surface area (Å²) in [6.45, 7) is 6.81. The minimum atomic E-state index is -2.26. The third kappa shape index (κ3) is 8.71. The van der Waals surface area contributed by atoms with Gasteiger partial charge >= 0.3 is 0 Å². The molecule has 2 fully saturated rings. The highest BCUT2D eigenvalue weighted by Gasteiger charge is 2.22. The predicted octanol–water partition coefficient (Wildman–Crippen LogP) is 3.17. The molecule has 2 aliphatic heterocycles. The van der Waals surface area contributed by atoms with Crippen molar-refractivity contribution in [2.45, 2.75) is 64.3 Å². The number of guanidine groups is 1. The first kappa shape index (κ1) is 23.9. The van der Waals surface area contributed by atoms with Crippen molar-refractivity contribution in [3.8, 4) is 0 Å². The molecular formula is C23H36F2N4O2. The zero-order chi connectivity index (χ0) is 21.9.